The first-order valence-electron chi connectivity index (χ1n) is 11.0. The van der Waals surface area contributed by atoms with E-state index >= 15 is 0 Å². The van der Waals surface area contributed by atoms with E-state index in [4.69, 9.17) is 4.74 Å². The van der Waals surface area contributed by atoms with Crippen LogP contribution in [0, 0.1) is 0 Å². The van der Waals surface area contributed by atoms with Crippen LogP contribution in [0.2, 0.25) is 0 Å². The first kappa shape index (κ1) is 21.8. The van der Waals surface area contributed by atoms with Gasteiger partial charge in [-0.15, -0.1) is 0 Å². The highest BCUT2D eigenvalue weighted by Crippen LogP contribution is 2.36. The summed E-state index contributed by atoms with van der Waals surface area (Å²) in [5.41, 5.74) is 2.39. The van der Waals surface area contributed by atoms with Crippen molar-refractivity contribution < 1.29 is 14.3 Å². The fraction of sp³-hybridized carbons (Fsp3) is 0.259. The summed E-state index contributed by atoms with van der Waals surface area (Å²) in [4.78, 5) is 27.1. The molecule has 0 spiro atoms. The van der Waals surface area contributed by atoms with Crippen LogP contribution in [0.1, 0.15) is 29.5 Å². The smallest absolute Gasteiger partial charge is 0.328 e. The Hall–Kier alpha value is -3.44. The molecule has 1 heterocycles. The lowest BCUT2D eigenvalue weighted by Crippen LogP contribution is -2.51. The molecule has 1 fully saturated rings. The Labute approximate surface area is 189 Å². The third-order valence-electron chi connectivity index (χ3n) is 6.17. The number of amides is 1. The molecule has 3 aromatic carbocycles. The minimum atomic E-state index is -0.722. The molecule has 3 aromatic rings. The lowest BCUT2D eigenvalue weighted by Gasteiger charge is -2.37. The van der Waals surface area contributed by atoms with E-state index in [-0.39, 0.29) is 18.4 Å². The van der Waals surface area contributed by atoms with Crippen molar-refractivity contribution in [1.29, 1.82) is 0 Å². The number of hydrogen-bond acceptors (Lipinski definition) is 4. The maximum atomic E-state index is 13.3. The summed E-state index contributed by atoms with van der Waals surface area (Å²) in [5, 5.41) is 3.59. The molecule has 164 valence electrons. The second-order valence-electron chi connectivity index (χ2n) is 7.97. The van der Waals surface area contributed by atoms with Gasteiger partial charge in [-0.2, -0.15) is 0 Å². The van der Waals surface area contributed by atoms with Crippen LogP contribution >= 0.6 is 0 Å². The maximum Gasteiger partial charge on any atom is 0.328 e. The zero-order valence-corrected chi connectivity index (χ0v) is 18.2. The van der Waals surface area contributed by atoms with E-state index in [0.717, 1.165) is 23.1 Å². The summed E-state index contributed by atoms with van der Waals surface area (Å²) in [5.74, 6) is -0.457. The summed E-state index contributed by atoms with van der Waals surface area (Å²) in [6, 6.07) is 29.9. The third kappa shape index (κ3) is 4.16. The summed E-state index contributed by atoms with van der Waals surface area (Å²) < 4.78 is 4.91. The molecule has 1 amide bonds. The fourth-order valence-corrected chi connectivity index (χ4v) is 4.63. The van der Waals surface area contributed by atoms with Crippen molar-refractivity contribution in [3.05, 3.63) is 108 Å². The number of carbonyl (C=O) groups is 2. The van der Waals surface area contributed by atoms with Crippen LogP contribution in [0.5, 0.6) is 0 Å². The highest BCUT2D eigenvalue weighted by molar-refractivity contribution is 5.86. The van der Waals surface area contributed by atoms with E-state index in [2.05, 4.69) is 41.7 Å². The Morgan fingerprint density at radius 1 is 0.875 bits per heavy atom. The van der Waals surface area contributed by atoms with Crippen LogP contribution in [0.3, 0.4) is 0 Å². The molecule has 0 unspecified atom stereocenters. The van der Waals surface area contributed by atoms with E-state index in [1.54, 1.807) is 4.90 Å². The Morgan fingerprint density at radius 3 is 1.78 bits per heavy atom. The lowest BCUT2D eigenvalue weighted by molar-refractivity contribution is -0.150. The van der Waals surface area contributed by atoms with E-state index < -0.39 is 11.6 Å². The predicted molar refractivity (Wildman–Crippen MR) is 124 cm³/mol. The molecular formula is C27H28N2O3. The van der Waals surface area contributed by atoms with Gasteiger partial charge in [0.2, 0.25) is 5.91 Å². The number of nitrogens with zero attached hydrogens (tertiary/aromatic N) is 1. The molecule has 0 aromatic heterocycles. The van der Waals surface area contributed by atoms with Gasteiger partial charge in [-0.25, -0.2) is 4.79 Å². The molecule has 4 rings (SSSR count). The predicted octanol–water partition coefficient (Wildman–Crippen LogP) is 3.73. The normalized spacial score (nSPS) is 16.0. The Balaban J connectivity index is 1.73. The van der Waals surface area contributed by atoms with E-state index in [0.29, 0.717) is 13.0 Å². The summed E-state index contributed by atoms with van der Waals surface area (Å²) in [7, 11) is 1.37. The number of rotatable bonds is 7. The van der Waals surface area contributed by atoms with Crippen LogP contribution in [0.4, 0.5) is 0 Å². The van der Waals surface area contributed by atoms with Crippen molar-refractivity contribution >= 4 is 11.9 Å². The Kier molecular flexibility index (Phi) is 6.66. The molecule has 1 N–H and O–H groups in total. The van der Waals surface area contributed by atoms with Crippen LogP contribution < -0.4 is 5.32 Å². The summed E-state index contributed by atoms with van der Waals surface area (Å²) in [6.45, 7) is 0.654. The quantitative estimate of drug-likeness (QED) is 0.460. The summed E-state index contributed by atoms with van der Waals surface area (Å²) >= 11 is 0. The monoisotopic (exact) mass is 428 g/mol. The first-order valence-corrected chi connectivity index (χ1v) is 11.0. The van der Waals surface area contributed by atoms with Crippen molar-refractivity contribution in [2.75, 3.05) is 20.2 Å². The van der Waals surface area contributed by atoms with Gasteiger partial charge in [-0.1, -0.05) is 91.0 Å². The highest BCUT2D eigenvalue weighted by atomic mass is 16.5. The van der Waals surface area contributed by atoms with Gasteiger partial charge in [0.15, 0.2) is 0 Å². The topological polar surface area (TPSA) is 58.6 Å². The molecule has 1 atom stereocenters. The number of esters is 1. The second kappa shape index (κ2) is 9.79. The SMILES string of the molecule is COC(=O)[C@@H]1CCCN1C(=O)CNC(c1ccccc1)(c1ccccc1)c1ccccc1. The molecular weight excluding hydrogens is 400 g/mol. The van der Waals surface area contributed by atoms with E-state index in [9.17, 15) is 9.59 Å². The molecule has 5 heteroatoms. The van der Waals surface area contributed by atoms with E-state index in [1.807, 2.05) is 54.6 Å². The minimum absolute atomic E-state index is 0.0895. The molecule has 5 nitrogen and oxygen atoms in total. The maximum absolute atomic E-state index is 13.3. The first-order chi connectivity index (χ1) is 15.7. The number of likely N-dealkylation sites (tertiary alicyclic amines) is 1. The van der Waals surface area contributed by atoms with Gasteiger partial charge in [0, 0.05) is 6.54 Å². The van der Waals surface area contributed by atoms with Crippen LogP contribution in [-0.2, 0) is 19.9 Å². The van der Waals surface area contributed by atoms with Crippen molar-refractivity contribution in [3.8, 4) is 0 Å². The van der Waals surface area contributed by atoms with Crippen molar-refractivity contribution in [2.24, 2.45) is 0 Å². The molecule has 0 saturated carbocycles. The van der Waals surface area contributed by atoms with Crippen LogP contribution in [-0.4, -0.2) is 43.0 Å². The van der Waals surface area contributed by atoms with E-state index in [1.165, 1.54) is 7.11 Å². The molecule has 0 aliphatic carbocycles. The fourth-order valence-electron chi connectivity index (χ4n) is 4.63. The highest BCUT2D eigenvalue weighted by Gasteiger charge is 2.39. The largest absolute Gasteiger partial charge is 0.467 e. The molecule has 0 radical (unpaired) electrons. The van der Waals surface area contributed by atoms with Gasteiger partial charge in [0.05, 0.1) is 19.2 Å². The van der Waals surface area contributed by atoms with Gasteiger partial charge in [-0.3, -0.25) is 10.1 Å². The van der Waals surface area contributed by atoms with Crippen LogP contribution in [0.15, 0.2) is 91.0 Å². The van der Waals surface area contributed by atoms with Crippen molar-refractivity contribution in [3.63, 3.8) is 0 Å². The molecule has 32 heavy (non-hydrogen) atoms. The number of hydrogen-bond donors (Lipinski definition) is 1. The number of nitrogens with one attached hydrogen (secondary N) is 1. The zero-order valence-electron chi connectivity index (χ0n) is 18.2. The van der Waals surface area contributed by atoms with Gasteiger partial charge in [0.25, 0.3) is 0 Å². The molecule has 1 aliphatic heterocycles. The standard InChI is InChI=1S/C27H28N2O3/c1-32-26(31)24-18-11-19-29(24)25(30)20-28-27(21-12-5-2-6-13-21,22-14-7-3-8-15-22)23-16-9-4-10-17-23/h2-10,12-17,24,28H,11,18-20H2,1H3/t24-/m0/s1. The van der Waals surface area contributed by atoms with Crippen molar-refractivity contribution in [1.82, 2.24) is 10.2 Å². The van der Waals surface area contributed by atoms with Crippen molar-refractivity contribution in [2.45, 2.75) is 24.4 Å². The average Bonchev–Trinajstić information content (AvgIpc) is 3.36. The lowest BCUT2D eigenvalue weighted by atomic mass is 9.77. The minimum Gasteiger partial charge on any atom is -0.467 e. The second-order valence-corrected chi connectivity index (χ2v) is 7.97. The molecule has 1 saturated heterocycles. The average molecular weight is 429 g/mol. The van der Waals surface area contributed by atoms with Gasteiger partial charge < -0.3 is 9.64 Å². The third-order valence-corrected chi connectivity index (χ3v) is 6.17. The zero-order chi connectivity index (χ0) is 22.4. The number of methoxy groups -OCH3 is 1. The molecule has 0 bridgehead atoms. The van der Waals surface area contributed by atoms with Crippen LogP contribution in [0.25, 0.3) is 0 Å². The Bertz CT molecular complexity index is 942. The van der Waals surface area contributed by atoms with Gasteiger partial charge >= 0.3 is 5.97 Å². The number of carbonyl (C=O) groups excluding carboxylic acids is 2. The summed E-state index contributed by atoms with van der Waals surface area (Å²) in [6.07, 6.45) is 1.44. The van der Waals surface area contributed by atoms with Gasteiger partial charge in [0.1, 0.15) is 6.04 Å². The van der Waals surface area contributed by atoms with Gasteiger partial charge in [-0.05, 0) is 29.5 Å². The molecule has 1 aliphatic rings. The Morgan fingerprint density at radius 2 is 1.34 bits per heavy atom. The number of benzene rings is 3. The number of ether oxygens (including phenoxy) is 1.